The van der Waals surface area contributed by atoms with Crippen molar-refractivity contribution in [2.24, 2.45) is 5.92 Å². The molecule has 1 heterocycles. The summed E-state index contributed by atoms with van der Waals surface area (Å²) < 4.78 is 0. The van der Waals surface area contributed by atoms with Gasteiger partial charge in [0.15, 0.2) is 0 Å². The minimum Gasteiger partial charge on any atom is -0.379 e. The first-order chi connectivity index (χ1) is 6.59. The Morgan fingerprint density at radius 1 is 1.29 bits per heavy atom. The van der Waals surface area contributed by atoms with Crippen molar-refractivity contribution in [1.82, 2.24) is 5.32 Å². The van der Waals surface area contributed by atoms with E-state index in [-0.39, 0.29) is 6.23 Å². The average Bonchev–Trinajstić information content (AvgIpc) is 2.14. The minimum atomic E-state index is -0.314. The van der Waals surface area contributed by atoms with Gasteiger partial charge in [0.25, 0.3) is 0 Å². The molecule has 2 N–H and O–H groups in total. The zero-order valence-corrected chi connectivity index (χ0v) is 9.17. The van der Waals surface area contributed by atoms with Gasteiger partial charge in [-0.15, -0.1) is 0 Å². The van der Waals surface area contributed by atoms with E-state index in [9.17, 15) is 5.11 Å². The van der Waals surface area contributed by atoms with E-state index in [1.54, 1.807) is 0 Å². The monoisotopic (exact) mass is 193 g/mol. The maximum absolute atomic E-state index is 9.56. The number of aliphatic hydroxyl groups is 1. The van der Waals surface area contributed by atoms with Gasteiger partial charge < -0.3 is 5.11 Å². The topological polar surface area (TPSA) is 32.3 Å². The van der Waals surface area contributed by atoms with Crippen molar-refractivity contribution in [2.75, 3.05) is 0 Å². The minimum absolute atomic E-state index is 0.314. The average molecular weight is 193 g/mol. The molecule has 1 fully saturated rings. The van der Waals surface area contributed by atoms with Crippen LogP contribution in [0, 0.1) is 5.92 Å². The Bertz CT molecular complexity index is 303. The number of hydrogen-bond acceptors (Lipinski definition) is 2. The molecule has 2 nitrogen and oxygen atoms in total. The van der Waals surface area contributed by atoms with E-state index in [1.165, 1.54) is 16.7 Å². The fourth-order valence-corrected chi connectivity index (χ4v) is 2.66. The third-order valence-corrected chi connectivity index (χ3v) is 3.64. The van der Waals surface area contributed by atoms with Gasteiger partial charge in [-0.3, -0.25) is 5.32 Å². The molecule has 0 aromatic heterocycles. The van der Waals surface area contributed by atoms with Crippen LogP contribution in [0.25, 0.3) is 0 Å². The molecule has 0 aromatic carbocycles. The summed E-state index contributed by atoms with van der Waals surface area (Å²) in [4.78, 5) is 0. The first kappa shape index (κ1) is 9.94. The van der Waals surface area contributed by atoms with Crippen molar-refractivity contribution in [2.45, 2.75) is 45.9 Å². The van der Waals surface area contributed by atoms with Crippen molar-refractivity contribution in [3.8, 4) is 0 Å². The molecule has 0 spiro atoms. The molecule has 2 heteroatoms. The van der Waals surface area contributed by atoms with Gasteiger partial charge in [0.1, 0.15) is 6.23 Å². The Morgan fingerprint density at radius 2 is 2.00 bits per heavy atom. The summed E-state index contributed by atoms with van der Waals surface area (Å²) in [6.07, 6.45) is 3.90. The van der Waals surface area contributed by atoms with Crippen molar-refractivity contribution in [3.05, 3.63) is 22.8 Å². The van der Waals surface area contributed by atoms with Gasteiger partial charge in [0, 0.05) is 6.04 Å². The molecule has 3 atom stereocenters. The Kier molecular flexibility index (Phi) is 2.50. The number of aliphatic hydroxyl groups excluding tert-OH is 1. The highest BCUT2D eigenvalue weighted by Gasteiger charge is 2.33. The van der Waals surface area contributed by atoms with Gasteiger partial charge in [-0.1, -0.05) is 22.8 Å². The highest BCUT2D eigenvalue weighted by molar-refractivity contribution is 5.37. The molecule has 0 amide bonds. The first-order valence-corrected chi connectivity index (χ1v) is 5.39. The lowest BCUT2D eigenvalue weighted by Gasteiger charge is -2.39. The van der Waals surface area contributed by atoms with E-state index < -0.39 is 0 Å². The third-order valence-electron chi connectivity index (χ3n) is 3.64. The van der Waals surface area contributed by atoms with Crippen LogP contribution in [0.3, 0.4) is 0 Å². The molecule has 2 rings (SSSR count). The Hall–Kier alpha value is -0.600. The number of fused-ring (bicyclic) bond motifs is 1. The largest absolute Gasteiger partial charge is 0.379 e. The van der Waals surface area contributed by atoms with Gasteiger partial charge in [0.05, 0.1) is 0 Å². The maximum Gasteiger partial charge on any atom is 0.105 e. The lowest BCUT2D eigenvalue weighted by atomic mass is 9.76. The summed E-state index contributed by atoms with van der Waals surface area (Å²) in [7, 11) is 0. The first-order valence-electron chi connectivity index (χ1n) is 5.39. The van der Waals surface area contributed by atoms with Crippen LogP contribution in [0.1, 0.15) is 33.6 Å². The van der Waals surface area contributed by atoms with Gasteiger partial charge >= 0.3 is 0 Å². The molecule has 0 saturated carbocycles. The molecule has 0 radical (unpaired) electrons. The molecule has 14 heavy (non-hydrogen) atoms. The Morgan fingerprint density at radius 3 is 2.71 bits per heavy atom. The fraction of sp³-hybridized carbons (Fsp3) is 0.667. The number of rotatable bonds is 0. The third kappa shape index (κ3) is 1.53. The smallest absolute Gasteiger partial charge is 0.105 e. The molecule has 2 aliphatic rings. The number of nitrogens with one attached hydrogen (secondary N) is 1. The lowest BCUT2D eigenvalue weighted by molar-refractivity contribution is 0.0753. The van der Waals surface area contributed by atoms with E-state index in [2.05, 4.69) is 32.2 Å². The summed E-state index contributed by atoms with van der Waals surface area (Å²) in [5, 5.41) is 12.8. The predicted octanol–water partition coefficient (Wildman–Crippen LogP) is 1.97. The van der Waals surface area contributed by atoms with Crippen LogP contribution < -0.4 is 5.32 Å². The summed E-state index contributed by atoms with van der Waals surface area (Å²) in [6, 6.07) is 0.363. The molecule has 78 valence electrons. The number of hydrogen-bond donors (Lipinski definition) is 2. The second-order valence-corrected chi connectivity index (χ2v) is 4.60. The zero-order chi connectivity index (χ0) is 10.3. The van der Waals surface area contributed by atoms with Gasteiger partial charge in [-0.2, -0.15) is 0 Å². The normalized spacial score (nSPS) is 38.0. The Labute approximate surface area is 85.7 Å². The molecule has 1 aliphatic carbocycles. The number of piperidine rings is 1. The molecule has 1 aliphatic heterocycles. The van der Waals surface area contributed by atoms with Crippen molar-refractivity contribution in [3.63, 3.8) is 0 Å². The van der Waals surface area contributed by atoms with Crippen molar-refractivity contribution >= 4 is 0 Å². The second-order valence-electron chi connectivity index (χ2n) is 4.60. The van der Waals surface area contributed by atoms with Crippen LogP contribution in [0.4, 0.5) is 0 Å². The van der Waals surface area contributed by atoms with Crippen LogP contribution in [-0.2, 0) is 0 Å². The van der Waals surface area contributed by atoms with Crippen LogP contribution in [-0.4, -0.2) is 17.4 Å². The standard InChI is InChI=1S/C12H19NO/c1-7-6-8(2)12-10(9(7)3)4-5-11(14)13-12/h6,10-14H,4-5H2,1-3H3. The van der Waals surface area contributed by atoms with Gasteiger partial charge in [0.2, 0.25) is 0 Å². The molecule has 1 saturated heterocycles. The number of allylic oxidation sites excluding steroid dienone is 2. The van der Waals surface area contributed by atoms with E-state index in [0.717, 1.165) is 12.8 Å². The highest BCUT2D eigenvalue weighted by Crippen LogP contribution is 2.35. The van der Waals surface area contributed by atoms with Crippen LogP contribution in [0.15, 0.2) is 22.8 Å². The zero-order valence-electron chi connectivity index (χ0n) is 9.17. The van der Waals surface area contributed by atoms with Crippen LogP contribution in [0.2, 0.25) is 0 Å². The van der Waals surface area contributed by atoms with E-state index in [0.29, 0.717) is 12.0 Å². The molecular formula is C12H19NO. The van der Waals surface area contributed by atoms with E-state index in [4.69, 9.17) is 0 Å². The quantitative estimate of drug-likeness (QED) is 0.616. The van der Waals surface area contributed by atoms with Gasteiger partial charge in [-0.25, -0.2) is 0 Å². The summed E-state index contributed by atoms with van der Waals surface area (Å²) in [6.45, 7) is 6.55. The van der Waals surface area contributed by atoms with E-state index >= 15 is 0 Å². The molecule has 0 bridgehead atoms. The molecule has 3 unspecified atom stereocenters. The molecular weight excluding hydrogens is 174 g/mol. The molecule has 0 aromatic rings. The lowest BCUT2D eigenvalue weighted by Crippen LogP contribution is -2.49. The summed E-state index contributed by atoms with van der Waals surface area (Å²) >= 11 is 0. The van der Waals surface area contributed by atoms with Crippen molar-refractivity contribution in [1.29, 1.82) is 0 Å². The maximum atomic E-state index is 9.56. The highest BCUT2D eigenvalue weighted by atomic mass is 16.3. The van der Waals surface area contributed by atoms with Crippen LogP contribution >= 0.6 is 0 Å². The summed E-state index contributed by atoms with van der Waals surface area (Å²) in [5.74, 6) is 0.600. The van der Waals surface area contributed by atoms with Crippen molar-refractivity contribution < 1.29 is 5.11 Å². The van der Waals surface area contributed by atoms with E-state index in [1.807, 2.05) is 0 Å². The Balaban J connectivity index is 2.28. The summed E-state index contributed by atoms with van der Waals surface area (Å²) in [5.41, 5.74) is 4.25. The second kappa shape index (κ2) is 3.52. The predicted molar refractivity (Wildman–Crippen MR) is 57.8 cm³/mol. The fourth-order valence-electron chi connectivity index (χ4n) is 2.66. The SMILES string of the molecule is CC1=CC(C)=C(C)C2CCC(O)NC12. The van der Waals surface area contributed by atoms with Gasteiger partial charge in [-0.05, 0) is 39.5 Å². The van der Waals surface area contributed by atoms with Crippen LogP contribution in [0.5, 0.6) is 0 Å².